The van der Waals surface area contributed by atoms with Crippen molar-refractivity contribution in [2.45, 2.75) is 129 Å². The SMILES string of the molecule is CC(C)(C(=O)O)C1CCC(C(=O)CN2CCC(OC(C3CCCCC3)C3CCCCC3)CC2)CC1. The number of piperidine rings is 1. The topological polar surface area (TPSA) is 66.8 Å². The summed E-state index contributed by atoms with van der Waals surface area (Å²) >= 11 is 0. The first-order chi connectivity index (χ1) is 16.8. The molecule has 0 unspecified atom stereocenters. The summed E-state index contributed by atoms with van der Waals surface area (Å²) in [5, 5.41) is 9.53. The summed E-state index contributed by atoms with van der Waals surface area (Å²) in [5.74, 6) is 1.50. The number of ketones is 1. The Labute approximate surface area is 213 Å². The van der Waals surface area contributed by atoms with Crippen LogP contribution in [0.4, 0.5) is 0 Å². The molecule has 0 aromatic carbocycles. The second-order valence-corrected chi connectivity index (χ2v) is 12.9. The Morgan fingerprint density at radius 1 is 0.800 bits per heavy atom. The lowest BCUT2D eigenvalue weighted by Gasteiger charge is -2.41. The molecule has 0 atom stereocenters. The lowest BCUT2D eigenvalue weighted by Crippen LogP contribution is -2.45. The molecule has 35 heavy (non-hydrogen) atoms. The number of nitrogens with zero attached hydrogens (tertiary/aromatic N) is 1. The van der Waals surface area contributed by atoms with Crippen LogP contribution in [0.25, 0.3) is 0 Å². The minimum atomic E-state index is -0.716. The van der Waals surface area contributed by atoms with Crippen molar-refractivity contribution in [1.82, 2.24) is 4.90 Å². The van der Waals surface area contributed by atoms with Crippen molar-refractivity contribution >= 4 is 11.8 Å². The maximum atomic E-state index is 13.0. The molecule has 4 aliphatic rings. The average Bonchev–Trinajstić information content (AvgIpc) is 2.89. The predicted octanol–water partition coefficient (Wildman–Crippen LogP) is 6.48. The highest BCUT2D eigenvalue weighted by Crippen LogP contribution is 2.41. The van der Waals surface area contributed by atoms with Gasteiger partial charge in [0.05, 0.1) is 24.2 Å². The van der Waals surface area contributed by atoms with Gasteiger partial charge in [-0.15, -0.1) is 0 Å². The second kappa shape index (κ2) is 12.5. The maximum absolute atomic E-state index is 13.0. The van der Waals surface area contributed by atoms with Crippen LogP contribution >= 0.6 is 0 Å². The van der Waals surface area contributed by atoms with E-state index in [1.165, 1.54) is 64.2 Å². The van der Waals surface area contributed by atoms with E-state index >= 15 is 0 Å². The largest absolute Gasteiger partial charge is 0.481 e. The van der Waals surface area contributed by atoms with Gasteiger partial charge in [0.25, 0.3) is 0 Å². The summed E-state index contributed by atoms with van der Waals surface area (Å²) in [6, 6.07) is 0. The van der Waals surface area contributed by atoms with E-state index in [1.54, 1.807) is 0 Å². The van der Waals surface area contributed by atoms with Crippen LogP contribution in [0.15, 0.2) is 0 Å². The smallest absolute Gasteiger partial charge is 0.309 e. The van der Waals surface area contributed by atoms with Gasteiger partial charge in [-0.05, 0) is 95.8 Å². The third-order valence-electron chi connectivity index (χ3n) is 10.2. The van der Waals surface area contributed by atoms with E-state index in [4.69, 9.17) is 4.74 Å². The normalized spacial score (nSPS) is 28.9. The fourth-order valence-electron chi connectivity index (χ4n) is 7.62. The van der Waals surface area contributed by atoms with Gasteiger partial charge < -0.3 is 9.84 Å². The van der Waals surface area contributed by atoms with E-state index in [1.807, 2.05) is 13.8 Å². The highest BCUT2D eigenvalue weighted by atomic mass is 16.5. The molecule has 0 amide bonds. The number of Topliss-reactive ketones (excluding diaryl/α,β-unsaturated/α-hetero) is 1. The molecule has 0 aromatic rings. The van der Waals surface area contributed by atoms with Crippen LogP contribution in [-0.2, 0) is 14.3 Å². The van der Waals surface area contributed by atoms with Crippen LogP contribution in [0.5, 0.6) is 0 Å². The zero-order valence-electron chi connectivity index (χ0n) is 22.5. The van der Waals surface area contributed by atoms with Crippen molar-refractivity contribution in [2.75, 3.05) is 19.6 Å². The summed E-state index contributed by atoms with van der Waals surface area (Å²) in [6.07, 6.45) is 20.1. The first kappa shape index (κ1) is 27.1. The molecule has 0 radical (unpaired) electrons. The Morgan fingerprint density at radius 2 is 1.31 bits per heavy atom. The van der Waals surface area contributed by atoms with Crippen LogP contribution < -0.4 is 0 Å². The monoisotopic (exact) mass is 489 g/mol. The minimum absolute atomic E-state index is 0.117. The quantitative estimate of drug-likeness (QED) is 0.401. The first-order valence-corrected chi connectivity index (χ1v) is 15.0. The number of hydrogen-bond acceptors (Lipinski definition) is 4. The summed E-state index contributed by atoms with van der Waals surface area (Å²) in [7, 11) is 0. The number of rotatable bonds is 9. The zero-order valence-corrected chi connectivity index (χ0v) is 22.5. The summed E-state index contributed by atoms with van der Waals surface area (Å²) < 4.78 is 6.94. The number of ether oxygens (including phenoxy) is 1. The Kier molecular flexibility index (Phi) is 9.71. The minimum Gasteiger partial charge on any atom is -0.481 e. The molecule has 0 spiro atoms. The zero-order chi connectivity index (χ0) is 24.8. The average molecular weight is 490 g/mol. The van der Waals surface area contributed by atoms with Gasteiger partial charge in [-0.2, -0.15) is 0 Å². The molecule has 0 bridgehead atoms. The number of carbonyl (C=O) groups is 2. The van der Waals surface area contributed by atoms with Gasteiger partial charge in [0.15, 0.2) is 0 Å². The van der Waals surface area contributed by atoms with Crippen LogP contribution in [0, 0.1) is 29.1 Å². The number of hydrogen-bond donors (Lipinski definition) is 1. The summed E-state index contributed by atoms with van der Waals surface area (Å²) in [5.41, 5.74) is -0.691. The molecule has 0 aromatic heterocycles. The molecule has 3 saturated carbocycles. The molecule has 3 aliphatic carbocycles. The number of carboxylic acids is 1. The van der Waals surface area contributed by atoms with Crippen LogP contribution in [-0.4, -0.2) is 53.6 Å². The molecule has 5 heteroatoms. The maximum Gasteiger partial charge on any atom is 0.309 e. The van der Waals surface area contributed by atoms with Crippen molar-refractivity contribution in [3.63, 3.8) is 0 Å². The molecule has 1 aliphatic heterocycles. The molecular weight excluding hydrogens is 438 g/mol. The Morgan fingerprint density at radius 3 is 1.80 bits per heavy atom. The molecule has 4 rings (SSSR count). The van der Waals surface area contributed by atoms with Crippen LogP contribution in [0.2, 0.25) is 0 Å². The summed E-state index contributed by atoms with van der Waals surface area (Å²) in [4.78, 5) is 27.0. The van der Waals surface area contributed by atoms with Crippen molar-refractivity contribution in [2.24, 2.45) is 29.1 Å². The number of likely N-dealkylation sites (tertiary alicyclic amines) is 1. The van der Waals surface area contributed by atoms with E-state index in [-0.39, 0.29) is 11.8 Å². The van der Waals surface area contributed by atoms with Crippen molar-refractivity contribution in [3.8, 4) is 0 Å². The van der Waals surface area contributed by atoms with Gasteiger partial charge in [0.2, 0.25) is 0 Å². The van der Waals surface area contributed by atoms with Crippen LogP contribution in [0.3, 0.4) is 0 Å². The van der Waals surface area contributed by atoms with Crippen LogP contribution in [0.1, 0.15) is 117 Å². The van der Waals surface area contributed by atoms with Crippen molar-refractivity contribution in [1.29, 1.82) is 0 Å². The fourth-order valence-corrected chi connectivity index (χ4v) is 7.62. The van der Waals surface area contributed by atoms with Gasteiger partial charge in [0.1, 0.15) is 5.78 Å². The van der Waals surface area contributed by atoms with Gasteiger partial charge in [0, 0.05) is 19.0 Å². The fraction of sp³-hybridized carbons (Fsp3) is 0.933. The lowest BCUT2D eigenvalue weighted by molar-refractivity contribution is -0.151. The number of carboxylic acid groups (broad SMARTS) is 1. The van der Waals surface area contributed by atoms with Gasteiger partial charge in [-0.1, -0.05) is 38.5 Å². The molecule has 1 N–H and O–H groups in total. The molecule has 1 saturated heterocycles. The molecular formula is C30H51NO4. The first-order valence-electron chi connectivity index (χ1n) is 15.0. The van der Waals surface area contributed by atoms with E-state index in [9.17, 15) is 14.7 Å². The highest BCUT2D eigenvalue weighted by Gasteiger charge is 2.40. The molecule has 200 valence electrons. The third kappa shape index (κ3) is 7.09. The van der Waals surface area contributed by atoms with E-state index in [0.717, 1.165) is 63.5 Å². The Bertz CT molecular complexity index is 660. The van der Waals surface area contributed by atoms with E-state index < -0.39 is 11.4 Å². The molecule has 1 heterocycles. The van der Waals surface area contributed by atoms with Gasteiger partial charge in [-0.25, -0.2) is 0 Å². The van der Waals surface area contributed by atoms with Gasteiger partial charge >= 0.3 is 5.97 Å². The third-order valence-corrected chi connectivity index (χ3v) is 10.2. The van der Waals surface area contributed by atoms with Crippen molar-refractivity contribution < 1.29 is 19.4 Å². The van der Waals surface area contributed by atoms with Gasteiger partial charge in [-0.3, -0.25) is 14.5 Å². The summed E-state index contributed by atoms with van der Waals surface area (Å²) in [6.45, 7) is 6.18. The number of aliphatic carboxylic acids is 1. The van der Waals surface area contributed by atoms with E-state index in [0.29, 0.717) is 24.5 Å². The standard InChI is InChI=1S/C30H51NO4/c1-30(2,29(33)34)25-15-13-22(14-16-25)27(32)21-31-19-17-26(18-20-31)35-28(23-9-5-3-6-10-23)24-11-7-4-8-12-24/h22-26,28H,3-21H2,1-2H3,(H,33,34). The Hall–Kier alpha value is -0.940. The predicted molar refractivity (Wildman–Crippen MR) is 139 cm³/mol. The molecule has 4 fully saturated rings. The second-order valence-electron chi connectivity index (χ2n) is 12.9. The lowest BCUT2D eigenvalue weighted by atomic mass is 9.68. The van der Waals surface area contributed by atoms with Crippen molar-refractivity contribution in [3.05, 3.63) is 0 Å². The Balaban J connectivity index is 1.21. The highest BCUT2D eigenvalue weighted by molar-refractivity contribution is 5.83. The number of carbonyl (C=O) groups excluding carboxylic acids is 1. The molecule has 5 nitrogen and oxygen atoms in total. The van der Waals surface area contributed by atoms with E-state index in [2.05, 4.69) is 4.90 Å².